The standard InChI is InChI=1S/C25H35NO2Si/c1-24(2,17-14-21-15-18-25(20-27)16-9-19-26(21)25)29(28,22-10-5-3-6-11-22)23-12-7-4-8-13-23/h3-8,10-13,21,27-28H,9,14-20H2,1-2H3/t21-,25+/m1/s1. The molecule has 0 aliphatic carbocycles. The molecule has 2 aliphatic rings. The summed E-state index contributed by atoms with van der Waals surface area (Å²) in [6.07, 6.45) is 6.70. The summed E-state index contributed by atoms with van der Waals surface area (Å²) in [4.78, 5) is 14.9. The fourth-order valence-electron chi connectivity index (χ4n) is 5.95. The summed E-state index contributed by atoms with van der Waals surface area (Å²) in [6, 6.07) is 21.2. The van der Waals surface area contributed by atoms with Gasteiger partial charge in [0.05, 0.1) is 6.61 Å². The molecule has 4 rings (SSSR count). The molecular formula is C25H35NO2Si. The zero-order chi connectivity index (χ0) is 20.5. The van der Waals surface area contributed by atoms with Crippen LogP contribution in [0, 0.1) is 0 Å². The van der Waals surface area contributed by atoms with Crippen LogP contribution in [0.2, 0.25) is 5.04 Å². The van der Waals surface area contributed by atoms with E-state index in [-0.39, 0.29) is 10.6 Å². The lowest BCUT2D eigenvalue weighted by Gasteiger charge is -2.42. The molecule has 3 nitrogen and oxygen atoms in total. The molecule has 2 N–H and O–H groups in total. The first-order chi connectivity index (χ1) is 13.9. The van der Waals surface area contributed by atoms with Gasteiger partial charge in [0.15, 0.2) is 0 Å². The summed E-state index contributed by atoms with van der Waals surface area (Å²) in [5.74, 6) is 0. The summed E-state index contributed by atoms with van der Waals surface area (Å²) >= 11 is 0. The van der Waals surface area contributed by atoms with Crippen molar-refractivity contribution in [2.45, 2.75) is 69.0 Å². The maximum Gasteiger partial charge on any atom is 0.258 e. The lowest BCUT2D eigenvalue weighted by atomic mass is 9.95. The van der Waals surface area contributed by atoms with Crippen molar-refractivity contribution in [2.24, 2.45) is 0 Å². The highest BCUT2D eigenvalue weighted by Gasteiger charge is 2.52. The Morgan fingerprint density at radius 3 is 2.14 bits per heavy atom. The van der Waals surface area contributed by atoms with Gasteiger partial charge < -0.3 is 9.90 Å². The van der Waals surface area contributed by atoms with Crippen molar-refractivity contribution in [1.82, 2.24) is 4.90 Å². The fourth-order valence-corrected chi connectivity index (χ4v) is 9.71. The maximum atomic E-state index is 12.3. The van der Waals surface area contributed by atoms with E-state index < -0.39 is 8.32 Å². The second-order valence-corrected chi connectivity index (χ2v) is 13.7. The first-order valence-corrected chi connectivity index (χ1v) is 13.1. The number of nitrogens with zero attached hydrogens (tertiary/aromatic N) is 1. The van der Waals surface area contributed by atoms with Crippen molar-refractivity contribution in [1.29, 1.82) is 0 Å². The molecule has 2 aromatic rings. The van der Waals surface area contributed by atoms with Crippen LogP contribution in [-0.4, -0.2) is 47.9 Å². The van der Waals surface area contributed by atoms with E-state index in [1.807, 2.05) is 36.4 Å². The van der Waals surface area contributed by atoms with Gasteiger partial charge in [-0.1, -0.05) is 74.5 Å². The first-order valence-electron chi connectivity index (χ1n) is 11.1. The van der Waals surface area contributed by atoms with Gasteiger partial charge in [0.1, 0.15) is 0 Å². The van der Waals surface area contributed by atoms with Crippen molar-refractivity contribution >= 4 is 18.7 Å². The number of hydrogen-bond donors (Lipinski definition) is 2. The molecule has 2 aliphatic heterocycles. The van der Waals surface area contributed by atoms with E-state index in [1.165, 1.54) is 12.8 Å². The van der Waals surface area contributed by atoms with Crippen LogP contribution >= 0.6 is 0 Å². The Bertz CT molecular complexity index is 771. The third-order valence-corrected chi connectivity index (χ3v) is 12.3. The smallest absolute Gasteiger partial charge is 0.258 e. The number of rotatable bonds is 7. The Morgan fingerprint density at radius 2 is 1.59 bits per heavy atom. The molecule has 4 heteroatoms. The summed E-state index contributed by atoms with van der Waals surface area (Å²) in [6.45, 7) is 5.93. The van der Waals surface area contributed by atoms with E-state index in [9.17, 15) is 9.90 Å². The lowest BCUT2D eigenvalue weighted by Crippen LogP contribution is -2.65. The van der Waals surface area contributed by atoms with Gasteiger partial charge in [-0.25, -0.2) is 0 Å². The zero-order valence-electron chi connectivity index (χ0n) is 17.8. The Balaban J connectivity index is 1.60. The van der Waals surface area contributed by atoms with Crippen LogP contribution in [0.5, 0.6) is 0 Å². The number of fused-ring (bicyclic) bond motifs is 1. The van der Waals surface area contributed by atoms with Gasteiger partial charge in [0.25, 0.3) is 8.32 Å². The first kappa shape index (κ1) is 20.8. The molecule has 2 atom stereocenters. The average molecular weight is 410 g/mol. The minimum atomic E-state index is -2.93. The number of benzene rings is 2. The van der Waals surface area contributed by atoms with Crippen LogP contribution in [0.25, 0.3) is 0 Å². The molecule has 0 unspecified atom stereocenters. The van der Waals surface area contributed by atoms with Gasteiger partial charge in [-0.05, 0) is 60.5 Å². The molecule has 156 valence electrons. The van der Waals surface area contributed by atoms with E-state index in [0.717, 1.165) is 42.6 Å². The minimum Gasteiger partial charge on any atom is -0.424 e. The fraction of sp³-hybridized carbons (Fsp3) is 0.520. The highest BCUT2D eigenvalue weighted by Crippen LogP contribution is 2.46. The molecular weight excluding hydrogens is 374 g/mol. The molecule has 2 aromatic carbocycles. The minimum absolute atomic E-state index is 0.0431. The summed E-state index contributed by atoms with van der Waals surface area (Å²) in [5.41, 5.74) is 0.0431. The van der Waals surface area contributed by atoms with E-state index in [0.29, 0.717) is 12.6 Å². The van der Waals surface area contributed by atoms with Crippen LogP contribution in [0.3, 0.4) is 0 Å². The molecule has 2 saturated heterocycles. The second kappa shape index (κ2) is 7.99. The van der Waals surface area contributed by atoms with Gasteiger partial charge in [-0.3, -0.25) is 4.90 Å². The van der Waals surface area contributed by atoms with E-state index in [4.69, 9.17) is 0 Å². The van der Waals surface area contributed by atoms with Gasteiger partial charge in [0, 0.05) is 11.6 Å². The van der Waals surface area contributed by atoms with E-state index in [1.54, 1.807) is 0 Å². The summed E-state index contributed by atoms with van der Waals surface area (Å²) in [7, 11) is -2.93. The number of aliphatic hydroxyl groups is 1. The highest BCUT2D eigenvalue weighted by atomic mass is 28.4. The molecule has 0 spiro atoms. The number of hydrogen-bond acceptors (Lipinski definition) is 3. The van der Waals surface area contributed by atoms with Crippen molar-refractivity contribution in [2.75, 3.05) is 13.2 Å². The third kappa shape index (κ3) is 3.50. The summed E-state index contributed by atoms with van der Waals surface area (Å²) < 4.78 is 0. The Kier molecular flexibility index (Phi) is 5.73. The Hall–Kier alpha value is -1.46. The third-order valence-electron chi connectivity index (χ3n) is 7.79. The Labute approximate surface area is 176 Å². The predicted octanol–water partition coefficient (Wildman–Crippen LogP) is 3.29. The zero-order valence-corrected chi connectivity index (χ0v) is 18.8. The van der Waals surface area contributed by atoms with Crippen molar-refractivity contribution in [3.8, 4) is 0 Å². The SMILES string of the molecule is CC(C)(CC[C@@H]1CC[C@]2(CO)CCCN12)[Si](O)(c1ccccc1)c1ccccc1. The molecule has 2 fully saturated rings. The van der Waals surface area contributed by atoms with Gasteiger partial charge in [0.2, 0.25) is 0 Å². The lowest BCUT2D eigenvalue weighted by molar-refractivity contribution is 0.0741. The molecule has 29 heavy (non-hydrogen) atoms. The van der Waals surface area contributed by atoms with Crippen LogP contribution in [0.4, 0.5) is 0 Å². The molecule has 0 saturated carbocycles. The summed E-state index contributed by atoms with van der Waals surface area (Å²) in [5, 5.41) is 12.0. The normalized spacial score (nSPS) is 25.3. The molecule has 2 heterocycles. The van der Waals surface area contributed by atoms with Crippen molar-refractivity contribution in [3.05, 3.63) is 60.7 Å². The van der Waals surface area contributed by atoms with Crippen molar-refractivity contribution < 1.29 is 9.90 Å². The van der Waals surface area contributed by atoms with Crippen molar-refractivity contribution in [3.63, 3.8) is 0 Å². The highest BCUT2D eigenvalue weighted by molar-refractivity contribution is 6.98. The van der Waals surface area contributed by atoms with Crippen LogP contribution in [0.15, 0.2) is 60.7 Å². The maximum absolute atomic E-state index is 12.3. The van der Waals surface area contributed by atoms with Crippen LogP contribution < -0.4 is 10.4 Å². The molecule has 0 radical (unpaired) electrons. The van der Waals surface area contributed by atoms with Crippen LogP contribution in [0.1, 0.15) is 52.4 Å². The van der Waals surface area contributed by atoms with Crippen LogP contribution in [-0.2, 0) is 0 Å². The topological polar surface area (TPSA) is 43.7 Å². The van der Waals surface area contributed by atoms with Gasteiger partial charge >= 0.3 is 0 Å². The molecule has 0 amide bonds. The van der Waals surface area contributed by atoms with E-state index in [2.05, 4.69) is 43.0 Å². The Morgan fingerprint density at radius 1 is 1.00 bits per heavy atom. The number of aliphatic hydroxyl groups excluding tert-OH is 1. The quantitative estimate of drug-likeness (QED) is 0.690. The monoisotopic (exact) mass is 409 g/mol. The van der Waals surface area contributed by atoms with Gasteiger partial charge in [-0.15, -0.1) is 0 Å². The van der Waals surface area contributed by atoms with E-state index >= 15 is 0 Å². The average Bonchev–Trinajstić information content (AvgIpc) is 3.32. The molecule has 0 aromatic heterocycles. The predicted molar refractivity (Wildman–Crippen MR) is 122 cm³/mol. The van der Waals surface area contributed by atoms with Gasteiger partial charge in [-0.2, -0.15) is 0 Å². The largest absolute Gasteiger partial charge is 0.424 e. The second-order valence-electron chi connectivity index (χ2n) is 9.74. The molecule has 0 bridgehead atoms.